The zero-order valence-electron chi connectivity index (χ0n) is 11.0. The van der Waals surface area contributed by atoms with E-state index in [1.54, 1.807) is 19.1 Å². The molecule has 0 saturated heterocycles. The minimum Gasteiger partial charge on any atom is -0.464 e. The molecular formula is C14H12FN3O2. The van der Waals surface area contributed by atoms with Crippen LogP contribution in [0.1, 0.15) is 21.6 Å². The quantitative estimate of drug-likeness (QED) is 0.850. The van der Waals surface area contributed by atoms with E-state index in [2.05, 4.69) is 4.74 Å². The van der Waals surface area contributed by atoms with Crippen molar-refractivity contribution in [1.29, 1.82) is 5.26 Å². The summed E-state index contributed by atoms with van der Waals surface area (Å²) in [6, 6.07) is 6.39. The summed E-state index contributed by atoms with van der Waals surface area (Å²) in [5, 5.41) is 9.01. The van der Waals surface area contributed by atoms with Crippen molar-refractivity contribution in [3.05, 3.63) is 47.0 Å². The normalized spacial score (nSPS) is 10.1. The van der Waals surface area contributed by atoms with Crippen molar-refractivity contribution < 1.29 is 13.9 Å². The molecular weight excluding hydrogens is 261 g/mol. The first kappa shape index (κ1) is 13.6. The van der Waals surface area contributed by atoms with Gasteiger partial charge in [0.25, 0.3) is 0 Å². The molecule has 0 aliphatic carbocycles. The van der Waals surface area contributed by atoms with Gasteiger partial charge in [0.05, 0.1) is 24.0 Å². The molecule has 0 aliphatic rings. The highest BCUT2D eigenvalue weighted by atomic mass is 19.1. The maximum atomic E-state index is 14.0. The number of hydrogen-bond donors (Lipinski definition) is 1. The Morgan fingerprint density at radius 1 is 1.50 bits per heavy atom. The van der Waals surface area contributed by atoms with Crippen molar-refractivity contribution in [2.75, 3.05) is 12.8 Å². The van der Waals surface area contributed by atoms with Gasteiger partial charge in [-0.2, -0.15) is 5.26 Å². The summed E-state index contributed by atoms with van der Waals surface area (Å²) < 4.78 is 19.9. The summed E-state index contributed by atoms with van der Waals surface area (Å²) in [6.45, 7) is 1.70. The number of hydrogen-bond acceptors (Lipinski definition) is 4. The van der Waals surface area contributed by atoms with Crippen LogP contribution in [0.2, 0.25) is 0 Å². The number of nitriles is 1. The molecule has 20 heavy (non-hydrogen) atoms. The molecule has 102 valence electrons. The van der Waals surface area contributed by atoms with E-state index in [-0.39, 0.29) is 22.6 Å². The highest BCUT2D eigenvalue weighted by Gasteiger charge is 2.23. The summed E-state index contributed by atoms with van der Waals surface area (Å²) >= 11 is 0. The summed E-state index contributed by atoms with van der Waals surface area (Å²) in [5.74, 6) is -1.25. The van der Waals surface area contributed by atoms with Crippen molar-refractivity contribution in [3.63, 3.8) is 0 Å². The molecule has 5 nitrogen and oxygen atoms in total. The van der Waals surface area contributed by atoms with Crippen LogP contribution in [0, 0.1) is 24.1 Å². The third-order valence-corrected chi connectivity index (χ3v) is 2.97. The van der Waals surface area contributed by atoms with Crippen LogP contribution in [0.15, 0.2) is 24.4 Å². The van der Waals surface area contributed by atoms with E-state index in [4.69, 9.17) is 11.0 Å². The molecule has 2 aromatic rings. The molecule has 0 unspecified atom stereocenters. The van der Waals surface area contributed by atoms with E-state index >= 15 is 0 Å². The van der Waals surface area contributed by atoms with Crippen molar-refractivity contribution >= 4 is 11.7 Å². The number of nitrogen functional groups attached to an aromatic ring is 1. The van der Waals surface area contributed by atoms with Gasteiger partial charge < -0.3 is 15.0 Å². The lowest BCUT2D eigenvalue weighted by Crippen LogP contribution is -2.12. The van der Waals surface area contributed by atoms with Crippen LogP contribution >= 0.6 is 0 Å². The second kappa shape index (κ2) is 5.05. The predicted octanol–water partition coefficient (Wildman–Crippen LogP) is 2.17. The van der Waals surface area contributed by atoms with Crippen LogP contribution in [0.3, 0.4) is 0 Å². The largest absolute Gasteiger partial charge is 0.464 e. The van der Waals surface area contributed by atoms with Gasteiger partial charge in [0.1, 0.15) is 11.9 Å². The standard InChI is InChI=1S/C14H12FN3O2/c1-8-4-3-5-10(15)12(8)18-7-9(6-16)11(17)13(18)14(19)20-2/h3-5,7H,17H2,1-2H3. The lowest BCUT2D eigenvalue weighted by molar-refractivity contribution is 0.0593. The van der Waals surface area contributed by atoms with Gasteiger partial charge in [-0.3, -0.25) is 0 Å². The number of nitrogens with two attached hydrogens (primary N) is 1. The molecule has 0 bridgehead atoms. The summed E-state index contributed by atoms with van der Waals surface area (Å²) in [4.78, 5) is 11.8. The first-order valence-corrected chi connectivity index (χ1v) is 5.76. The van der Waals surface area contributed by atoms with Crippen LogP contribution in [0.25, 0.3) is 5.69 Å². The Morgan fingerprint density at radius 2 is 2.20 bits per heavy atom. The Labute approximate surface area is 115 Å². The van der Waals surface area contributed by atoms with Gasteiger partial charge in [-0.15, -0.1) is 0 Å². The maximum absolute atomic E-state index is 14.0. The van der Waals surface area contributed by atoms with Gasteiger partial charge in [-0.05, 0) is 18.6 Å². The van der Waals surface area contributed by atoms with Crippen LogP contribution in [0.4, 0.5) is 10.1 Å². The van der Waals surface area contributed by atoms with Crippen LogP contribution < -0.4 is 5.73 Å². The molecule has 0 fully saturated rings. The monoisotopic (exact) mass is 273 g/mol. The topological polar surface area (TPSA) is 81.0 Å². The lowest BCUT2D eigenvalue weighted by atomic mass is 10.2. The number of carbonyl (C=O) groups excluding carboxylic acids is 1. The number of ether oxygens (including phenoxy) is 1. The molecule has 1 heterocycles. The Morgan fingerprint density at radius 3 is 2.75 bits per heavy atom. The zero-order chi connectivity index (χ0) is 14.9. The van der Waals surface area contributed by atoms with Gasteiger partial charge in [0.2, 0.25) is 0 Å². The molecule has 0 radical (unpaired) electrons. The number of halogens is 1. The van der Waals surface area contributed by atoms with Gasteiger partial charge in [-0.1, -0.05) is 12.1 Å². The van der Waals surface area contributed by atoms with E-state index in [9.17, 15) is 9.18 Å². The summed E-state index contributed by atoms with van der Waals surface area (Å²) in [5.41, 5.74) is 6.54. The highest BCUT2D eigenvalue weighted by molar-refractivity contribution is 5.96. The average Bonchev–Trinajstić information content (AvgIpc) is 2.74. The number of benzene rings is 1. The molecule has 1 aromatic heterocycles. The smallest absolute Gasteiger partial charge is 0.357 e. The molecule has 6 heteroatoms. The molecule has 0 amide bonds. The first-order valence-electron chi connectivity index (χ1n) is 5.76. The Hall–Kier alpha value is -2.81. The zero-order valence-corrected chi connectivity index (χ0v) is 11.0. The molecule has 1 aromatic carbocycles. The van der Waals surface area contributed by atoms with Gasteiger partial charge in [0.15, 0.2) is 5.69 Å². The van der Waals surface area contributed by atoms with Gasteiger partial charge in [0, 0.05) is 6.20 Å². The molecule has 0 aliphatic heterocycles. The van der Waals surface area contributed by atoms with E-state index in [0.717, 1.165) is 0 Å². The van der Waals surface area contributed by atoms with Gasteiger partial charge >= 0.3 is 5.97 Å². The summed E-state index contributed by atoms with van der Waals surface area (Å²) in [6.07, 6.45) is 1.33. The number of aromatic nitrogens is 1. The lowest BCUT2D eigenvalue weighted by Gasteiger charge is -2.12. The number of anilines is 1. The second-order valence-electron chi connectivity index (χ2n) is 4.18. The van der Waals surface area contributed by atoms with Crippen LogP contribution in [0.5, 0.6) is 0 Å². The van der Waals surface area contributed by atoms with Crippen molar-refractivity contribution in [1.82, 2.24) is 4.57 Å². The van der Waals surface area contributed by atoms with E-state index in [1.807, 2.05) is 6.07 Å². The number of rotatable bonds is 2. The number of methoxy groups -OCH3 is 1. The van der Waals surface area contributed by atoms with Crippen LogP contribution in [-0.4, -0.2) is 17.6 Å². The molecule has 0 atom stereocenters. The fraction of sp³-hybridized carbons (Fsp3) is 0.143. The van der Waals surface area contributed by atoms with E-state index in [1.165, 1.54) is 23.9 Å². The molecule has 0 saturated carbocycles. The fourth-order valence-electron chi connectivity index (χ4n) is 2.02. The highest BCUT2D eigenvalue weighted by Crippen LogP contribution is 2.27. The SMILES string of the molecule is COC(=O)c1c(N)c(C#N)cn1-c1c(C)cccc1F. The molecule has 2 rings (SSSR count). The minimum absolute atomic E-state index is 0.0259. The first-order chi connectivity index (χ1) is 9.51. The minimum atomic E-state index is -0.730. The Balaban J connectivity index is 2.81. The Bertz CT molecular complexity index is 709. The third kappa shape index (κ3) is 1.99. The van der Waals surface area contributed by atoms with Crippen molar-refractivity contribution in [2.45, 2.75) is 6.92 Å². The summed E-state index contributed by atoms with van der Waals surface area (Å²) in [7, 11) is 1.19. The van der Waals surface area contributed by atoms with E-state index < -0.39 is 11.8 Å². The molecule has 0 spiro atoms. The number of nitrogens with zero attached hydrogens (tertiary/aromatic N) is 2. The average molecular weight is 273 g/mol. The number of aryl methyl sites for hydroxylation is 1. The van der Waals surface area contributed by atoms with Crippen molar-refractivity contribution in [3.8, 4) is 11.8 Å². The number of para-hydroxylation sites is 1. The van der Waals surface area contributed by atoms with Crippen LogP contribution in [-0.2, 0) is 4.74 Å². The third-order valence-electron chi connectivity index (χ3n) is 2.97. The number of esters is 1. The maximum Gasteiger partial charge on any atom is 0.357 e. The number of carbonyl (C=O) groups is 1. The van der Waals surface area contributed by atoms with Crippen molar-refractivity contribution in [2.24, 2.45) is 0 Å². The van der Waals surface area contributed by atoms with E-state index in [0.29, 0.717) is 5.56 Å². The Kier molecular flexibility index (Phi) is 3.44. The second-order valence-corrected chi connectivity index (χ2v) is 4.18. The van der Waals surface area contributed by atoms with Gasteiger partial charge in [-0.25, -0.2) is 9.18 Å². The molecule has 2 N–H and O–H groups in total. The predicted molar refractivity (Wildman–Crippen MR) is 70.9 cm³/mol. The fourth-order valence-corrected chi connectivity index (χ4v) is 2.02.